The van der Waals surface area contributed by atoms with E-state index in [2.05, 4.69) is 26.0 Å². The van der Waals surface area contributed by atoms with Gasteiger partial charge in [0.2, 0.25) is 0 Å². The molecule has 3 heteroatoms. The molecule has 0 aromatic heterocycles. The Kier molecular flexibility index (Phi) is 3.88. The van der Waals surface area contributed by atoms with Crippen molar-refractivity contribution in [1.29, 1.82) is 0 Å². The summed E-state index contributed by atoms with van der Waals surface area (Å²) in [5.74, 6) is 0.868. The third-order valence-corrected chi connectivity index (χ3v) is 4.65. The normalized spacial score (nSPS) is 23.0. The summed E-state index contributed by atoms with van der Waals surface area (Å²) >= 11 is 0. The van der Waals surface area contributed by atoms with E-state index < -0.39 is 0 Å². The monoisotopic (exact) mass is 263 g/mol. The Labute approximate surface area is 115 Å². The molecule has 1 aliphatic rings. The first kappa shape index (κ1) is 14.4. The Morgan fingerprint density at radius 3 is 2.74 bits per heavy atom. The molecule has 0 bridgehead atoms. The zero-order valence-corrected chi connectivity index (χ0v) is 12.2. The highest BCUT2D eigenvalue weighted by molar-refractivity contribution is 5.44. The first-order valence-corrected chi connectivity index (χ1v) is 7.02. The Balaban J connectivity index is 2.59. The summed E-state index contributed by atoms with van der Waals surface area (Å²) in [5, 5.41) is 9.51. The van der Waals surface area contributed by atoms with Gasteiger partial charge in [0.05, 0.1) is 7.11 Å². The van der Waals surface area contributed by atoms with Crippen LogP contribution in [0.25, 0.3) is 0 Å². The van der Waals surface area contributed by atoms with Crippen LogP contribution in [0.2, 0.25) is 0 Å². The number of hydrogen-bond donors (Lipinski definition) is 2. The summed E-state index contributed by atoms with van der Waals surface area (Å²) in [6, 6.07) is 6.27. The average Bonchev–Trinajstić information content (AvgIpc) is 2.37. The second-order valence-electron chi connectivity index (χ2n) is 6.15. The highest BCUT2D eigenvalue weighted by Crippen LogP contribution is 2.47. The van der Waals surface area contributed by atoms with Crippen LogP contribution in [-0.2, 0) is 11.8 Å². The Morgan fingerprint density at radius 1 is 1.42 bits per heavy atom. The van der Waals surface area contributed by atoms with Gasteiger partial charge in [0.1, 0.15) is 5.75 Å². The zero-order chi connectivity index (χ0) is 14.1. The van der Waals surface area contributed by atoms with Crippen LogP contribution >= 0.6 is 0 Å². The van der Waals surface area contributed by atoms with E-state index in [-0.39, 0.29) is 17.6 Å². The van der Waals surface area contributed by atoms with E-state index in [9.17, 15) is 5.11 Å². The van der Waals surface area contributed by atoms with E-state index in [1.54, 1.807) is 7.11 Å². The number of rotatable bonds is 4. The molecule has 0 heterocycles. The topological polar surface area (TPSA) is 55.5 Å². The Bertz CT molecular complexity index is 451. The summed E-state index contributed by atoms with van der Waals surface area (Å²) in [6.07, 6.45) is 3.94. The molecule has 0 amide bonds. The molecule has 2 rings (SSSR count). The van der Waals surface area contributed by atoms with Crippen LogP contribution in [0.4, 0.5) is 0 Å². The largest absolute Gasteiger partial charge is 0.497 e. The molecule has 0 saturated carbocycles. The van der Waals surface area contributed by atoms with Crippen molar-refractivity contribution in [3.8, 4) is 5.75 Å². The zero-order valence-electron chi connectivity index (χ0n) is 12.2. The van der Waals surface area contributed by atoms with Crippen molar-refractivity contribution in [2.45, 2.75) is 50.5 Å². The summed E-state index contributed by atoms with van der Waals surface area (Å²) in [4.78, 5) is 0. The van der Waals surface area contributed by atoms with Crippen molar-refractivity contribution in [1.82, 2.24) is 0 Å². The van der Waals surface area contributed by atoms with Crippen LogP contribution in [0, 0.1) is 0 Å². The fourth-order valence-corrected chi connectivity index (χ4v) is 3.50. The fraction of sp³-hybridized carbons (Fsp3) is 0.625. The smallest absolute Gasteiger partial charge is 0.119 e. The van der Waals surface area contributed by atoms with E-state index in [0.717, 1.165) is 25.0 Å². The number of ether oxygens (including phenoxy) is 1. The van der Waals surface area contributed by atoms with Crippen molar-refractivity contribution in [2.75, 3.05) is 13.7 Å². The molecule has 3 nitrogen and oxygen atoms in total. The molecule has 0 radical (unpaired) electrons. The minimum Gasteiger partial charge on any atom is -0.497 e. The lowest BCUT2D eigenvalue weighted by molar-refractivity contribution is 0.155. The SMILES string of the molecule is COc1ccc2c(c1)C(CCO)(C(C)(C)N)CCC2. The van der Waals surface area contributed by atoms with Crippen molar-refractivity contribution >= 4 is 0 Å². The van der Waals surface area contributed by atoms with Crippen molar-refractivity contribution in [3.05, 3.63) is 29.3 Å². The highest BCUT2D eigenvalue weighted by Gasteiger charge is 2.46. The van der Waals surface area contributed by atoms with Gasteiger partial charge in [0.15, 0.2) is 0 Å². The molecule has 0 spiro atoms. The van der Waals surface area contributed by atoms with Gasteiger partial charge in [-0.3, -0.25) is 0 Å². The first-order chi connectivity index (χ1) is 8.94. The summed E-state index contributed by atoms with van der Waals surface area (Å²) in [6.45, 7) is 4.30. The van der Waals surface area contributed by atoms with Gasteiger partial charge in [-0.1, -0.05) is 6.07 Å². The lowest BCUT2D eigenvalue weighted by Crippen LogP contribution is -2.56. The molecule has 1 unspecified atom stereocenters. The molecule has 106 valence electrons. The predicted molar refractivity (Wildman–Crippen MR) is 77.6 cm³/mol. The maximum Gasteiger partial charge on any atom is 0.119 e. The lowest BCUT2D eigenvalue weighted by atomic mass is 9.59. The van der Waals surface area contributed by atoms with Gasteiger partial charge in [-0.05, 0) is 62.8 Å². The number of benzene rings is 1. The molecular weight excluding hydrogens is 238 g/mol. The molecule has 1 aromatic carbocycles. The number of fused-ring (bicyclic) bond motifs is 1. The summed E-state index contributed by atoms with van der Waals surface area (Å²) in [5.41, 5.74) is 8.57. The third kappa shape index (κ3) is 2.37. The Morgan fingerprint density at radius 2 is 2.16 bits per heavy atom. The van der Waals surface area contributed by atoms with Gasteiger partial charge in [-0.25, -0.2) is 0 Å². The maximum absolute atomic E-state index is 9.51. The number of aryl methyl sites for hydroxylation is 1. The standard InChI is InChI=1S/C16H25NO2/c1-15(2,17)16(9-10-18)8-4-5-12-6-7-13(19-3)11-14(12)16/h6-7,11,18H,4-5,8-10,17H2,1-3H3. The molecule has 0 fully saturated rings. The van der Waals surface area contributed by atoms with Gasteiger partial charge < -0.3 is 15.6 Å². The van der Waals surface area contributed by atoms with Crippen molar-refractivity contribution < 1.29 is 9.84 Å². The number of aliphatic hydroxyl groups excluding tert-OH is 1. The average molecular weight is 263 g/mol. The van der Waals surface area contributed by atoms with E-state index in [4.69, 9.17) is 10.5 Å². The van der Waals surface area contributed by atoms with Gasteiger partial charge >= 0.3 is 0 Å². The number of hydrogen-bond acceptors (Lipinski definition) is 3. The van der Waals surface area contributed by atoms with Gasteiger partial charge in [0.25, 0.3) is 0 Å². The minimum atomic E-state index is -0.364. The summed E-state index contributed by atoms with van der Waals surface area (Å²) in [7, 11) is 1.69. The van der Waals surface area contributed by atoms with Crippen molar-refractivity contribution in [3.63, 3.8) is 0 Å². The quantitative estimate of drug-likeness (QED) is 0.877. The molecular formula is C16H25NO2. The van der Waals surface area contributed by atoms with Gasteiger partial charge in [-0.2, -0.15) is 0 Å². The second kappa shape index (κ2) is 5.14. The maximum atomic E-state index is 9.51. The molecule has 1 atom stereocenters. The van der Waals surface area contributed by atoms with Gasteiger partial charge in [-0.15, -0.1) is 0 Å². The predicted octanol–water partition coefficient (Wildman–Crippen LogP) is 2.39. The van der Waals surface area contributed by atoms with E-state index in [1.165, 1.54) is 11.1 Å². The molecule has 1 aliphatic carbocycles. The van der Waals surface area contributed by atoms with Gasteiger partial charge in [0, 0.05) is 17.6 Å². The van der Waals surface area contributed by atoms with E-state index >= 15 is 0 Å². The van der Waals surface area contributed by atoms with Crippen LogP contribution in [-0.4, -0.2) is 24.4 Å². The van der Waals surface area contributed by atoms with Crippen molar-refractivity contribution in [2.24, 2.45) is 5.73 Å². The number of nitrogens with two attached hydrogens (primary N) is 1. The van der Waals surface area contributed by atoms with E-state index in [0.29, 0.717) is 6.42 Å². The fourth-order valence-electron chi connectivity index (χ4n) is 3.50. The molecule has 3 N–H and O–H groups in total. The van der Waals surface area contributed by atoms with Crippen LogP contribution in [0.3, 0.4) is 0 Å². The van der Waals surface area contributed by atoms with Crippen LogP contribution < -0.4 is 10.5 Å². The summed E-state index contributed by atoms with van der Waals surface area (Å²) < 4.78 is 5.36. The second-order valence-corrected chi connectivity index (χ2v) is 6.15. The van der Waals surface area contributed by atoms with Crippen LogP contribution in [0.1, 0.15) is 44.2 Å². The minimum absolute atomic E-state index is 0.163. The molecule has 1 aromatic rings. The highest BCUT2D eigenvalue weighted by atomic mass is 16.5. The third-order valence-electron chi connectivity index (χ3n) is 4.65. The van der Waals surface area contributed by atoms with Crippen LogP contribution in [0.5, 0.6) is 5.75 Å². The molecule has 19 heavy (non-hydrogen) atoms. The lowest BCUT2D eigenvalue weighted by Gasteiger charge is -2.48. The molecule has 0 saturated heterocycles. The van der Waals surface area contributed by atoms with E-state index in [1.807, 2.05) is 6.07 Å². The number of aliphatic hydroxyl groups is 1. The number of methoxy groups -OCH3 is 1. The first-order valence-electron chi connectivity index (χ1n) is 7.02. The van der Waals surface area contributed by atoms with Crippen LogP contribution in [0.15, 0.2) is 18.2 Å². The Hall–Kier alpha value is -1.06. The molecule has 0 aliphatic heterocycles.